The number of ether oxygens (including phenoxy) is 1. The SMILES string of the molecule is Cc1ccc(CC(CCC(=O)O)NC(=O)OC(C)(C)C)cc1Cl. The number of hydrogen-bond donors (Lipinski definition) is 2. The van der Waals surface area contributed by atoms with Crippen LogP contribution in [0.4, 0.5) is 4.79 Å². The topological polar surface area (TPSA) is 75.6 Å². The third-order valence-electron chi connectivity index (χ3n) is 3.15. The van der Waals surface area contributed by atoms with Gasteiger partial charge in [-0.2, -0.15) is 0 Å². The molecule has 0 bridgehead atoms. The predicted octanol–water partition coefficient (Wildman–Crippen LogP) is 3.95. The Morgan fingerprint density at radius 1 is 1.35 bits per heavy atom. The molecule has 0 aliphatic rings. The zero-order chi connectivity index (χ0) is 17.6. The number of halogens is 1. The van der Waals surface area contributed by atoms with Crippen molar-refractivity contribution in [1.29, 1.82) is 0 Å². The van der Waals surface area contributed by atoms with Gasteiger partial charge >= 0.3 is 12.1 Å². The van der Waals surface area contributed by atoms with Crippen LogP contribution in [0.25, 0.3) is 0 Å². The summed E-state index contributed by atoms with van der Waals surface area (Å²) < 4.78 is 5.23. The number of alkyl carbamates (subject to hydrolysis) is 1. The first-order valence-electron chi connectivity index (χ1n) is 7.53. The molecule has 1 unspecified atom stereocenters. The van der Waals surface area contributed by atoms with E-state index in [1.54, 1.807) is 20.8 Å². The van der Waals surface area contributed by atoms with Crippen molar-refractivity contribution in [2.75, 3.05) is 0 Å². The van der Waals surface area contributed by atoms with Crippen LogP contribution in [0.5, 0.6) is 0 Å². The number of benzene rings is 1. The number of amides is 1. The van der Waals surface area contributed by atoms with E-state index in [1.807, 2.05) is 25.1 Å². The fourth-order valence-corrected chi connectivity index (χ4v) is 2.25. The maximum absolute atomic E-state index is 11.9. The lowest BCUT2D eigenvalue weighted by molar-refractivity contribution is -0.137. The molecule has 1 atom stereocenters. The summed E-state index contributed by atoms with van der Waals surface area (Å²) >= 11 is 6.11. The van der Waals surface area contributed by atoms with Crippen LogP contribution in [0.15, 0.2) is 18.2 Å². The van der Waals surface area contributed by atoms with Crippen LogP contribution in [0.3, 0.4) is 0 Å². The fraction of sp³-hybridized carbons (Fsp3) is 0.529. The second kappa shape index (κ2) is 8.20. The van der Waals surface area contributed by atoms with Gasteiger partial charge in [-0.3, -0.25) is 4.79 Å². The van der Waals surface area contributed by atoms with Gasteiger partial charge in [-0.05, 0) is 57.7 Å². The molecule has 0 heterocycles. The number of carbonyl (C=O) groups excluding carboxylic acids is 1. The molecular weight excluding hydrogens is 318 g/mol. The van der Waals surface area contributed by atoms with Crippen molar-refractivity contribution >= 4 is 23.7 Å². The summed E-state index contributed by atoms with van der Waals surface area (Å²) in [5.74, 6) is -0.900. The molecule has 1 amide bonds. The first-order valence-corrected chi connectivity index (χ1v) is 7.91. The lowest BCUT2D eigenvalue weighted by Crippen LogP contribution is -2.40. The molecule has 5 nitrogen and oxygen atoms in total. The molecule has 0 aliphatic carbocycles. The Morgan fingerprint density at radius 2 is 2.00 bits per heavy atom. The van der Waals surface area contributed by atoms with E-state index in [0.717, 1.165) is 11.1 Å². The molecule has 2 N–H and O–H groups in total. The zero-order valence-corrected chi connectivity index (χ0v) is 14.7. The summed E-state index contributed by atoms with van der Waals surface area (Å²) in [6.45, 7) is 7.24. The first kappa shape index (κ1) is 19.3. The molecule has 1 aromatic rings. The minimum atomic E-state index is -0.900. The van der Waals surface area contributed by atoms with Crippen LogP contribution < -0.4 is 5.32 Å². The first-order chi connectivity index (χ1) is 10.6. The molecule has 1 rings (SSSR count). The smallest absolute Gasteiger partial charge is 0.407 e. The Labute approximate surface area is 142 Å². The lowest BCUT2D eigenvalue weighted by Gasteiger charge is -2.23. The van der Waals surface area contributed by atoms with Crippen LogP contribution in [0.1, 0.15) is 44.7 Å². The second-order valence-corrected chi connectivity index (χ2v) is 6.97. The van der Waals surface area contributed by atoms with Gasteiger partial charge in [0.2, 0.25) is 0 Å². The summed E-state index contributed by atoms with van der Waals surface area (Å²) in [5.41, 5.74) is 1.30. The standard InChI is InChI=1S/C17H24ClNO4/c1-11-5-6-12(10-14(11)18)9-13(7-8-15(20)21)19-16(22)23-17(2,3)4/h5-6,10,13H,7-9H2,1-4H3,(H,19,22)(H,20,21). The minimum Gasteiger partial charge on any atom is -0.481 e. The monoisotopic (exact) mass is 341 g/mol. The summed E-state index contributed by atoms with van der Waals surface area (Å²) in [7, 11) is 0. The Morgan fingerprint density at radius 3 is 2.52 bits per heavy atom. The van der Waals surface area contributed by atoms with Gasteiger partial charge in [-0.1, -0.05) is 23.7 Å². The molecule has 6 heteroatoms. The van der Waals surface area contributed by atoms with E-state index in [-0.39, 0.29) is 12.5 Å². The van der Waals surface area contributed by atoms with Crippen molar-refractivity contribution in [2.24, 2.45) is 0 Å². The van der Waals surface area contributed by atoms with Gasteiger partial charge in [-0.15, -0.1) is 0 Å². The summed E-state index contributed by atoms with van der Waals surface area (Å²) in [6.07, 6.45) is 0.234. The number of carboxylic acid groups (broad SMARTS) is 1. The number of carboxylic acids is 1. The van der Waals surface area contributed by atoms with Crippen LogP contribution in [0, 0.1) is 6.92 Å². The van der Waals surface area contributed by atoms with Crippen molar-refractivity contribution in [1.82, 2.24) is 5.32 Å². The van der Waals surface area contributed by atoms with Gasteiger partial charge in [0.15, 0.2) is 0 Å². The van der Waals surface area contributed by atoms with Crippen LogP contribution in [-0.4, -0.2) is 28.8 Å². The molecule has 128 valence electrons. The van der Waals surface area contributed by atoms with Crippen LogP contribution >= 0.6 is 11.6 Å². The highest BCUT2D eigenvalue weighted by molar-refractivity contribution is 6.31. The number of carbonyl (C=O) groups is 2. The number of aliphatic carboxylic acids is 1. The highest BCUT2D eigenvalue weighted by Crippen LogP contribution is 2.19. The molecule has 23 heavy (non-hydrogen) atoms. The molecule has 0 aromatic heterocycles. The maximum atomic E-state index is 11.9. The van der Waals surface area contributed by atoms with Crippen molar-refractivity contribution < 1.29 is 19.4 Å². The van der Waals surface area contributed by atoms with E-state index >= 15 is 0 Å². The zero-order valence-electron chi connectivity index (χ0n) is 14.0. The predicted molar refractivity (Wildman–Crippen MR) is 89.9 cm³/mol. The van der Waals surface area contributed by atoms with Crippen molar-refractivity contribution in [3.05, 3.63) is 34.3 Å². The van der Waals surface area contributed by atoms with Crippen LogP contribution in [-0.2, 0) is 16.0 Å². The minimum absolute atomic E-state index is 0.0277. The Kier molecular flexibility index (Phi) is 6.88. The van der Waals surface area contributed by atoms with Gasteiger partial charge in [0.1, 0.15) is 5.60 Å². The normalized spacial score (nSPS) is 12.6. The maximum Gasteiger partial charge on any atom is 0.407 e. The van der Waals surface area contributed by atoms with E-state index in [9.17, 15) is 9.59 Å². The summed E-state index contributed by atoms with van der Waals surface area (Å²) in [6, 6.07) is 5.33. The van der Waals surface area contributed by atoms with Crippen LogP contribution in [0.2, 0.25) is 5.02 Å². The van der Waals surface area contributed by atoms with Gasteiger partial charge in [-0.25, -0.2) is 4.79 Å². The van der Waals surface area contributed by atoms with E-state index in [2.05, 4.69) is 5.32 Å². The third-order valence-corrected chi connectivity index (χ3v) is 3.55. The molecule has 1 aromatic carbocycles. The summed E-state index contributed by atoms with van der Waals surface area (Å²) in [5, 5.41) is 12.3. The number of nitrogens with one attached hydrogen (secondary N) is 1. The Bertz CT molecular complexity index is 566. The van der Waals surface area contributed by atoms with E-state index in [4.69, 9.17) is 21.4 Å². The van der Waals surface area contributed by atoms with Crippen molar-refractivity contribution in [3.8, 4) is 0 Å². The van der Waals surface area contributed by atoms with Gasteiger partial charge in [0.05, 0.1) is 0 Å². The number of rotatable bonds is 6. The van der Waals surface area contributed by atoms with Gasteiger partial charge in [0, 0.05) is 17.5 Å². The average molecular weight is 342 g/mol. The Balaban J connectivity index is 2.76. The number of aryl methyl sites for hydroxylation is 1. The molecule has 0 radical (unpaired) electrons. The molecule has 0 aliphatic heterocycles. The molecule has 0 saturated carbocycles. The molecule has 0 spiro atoms. The lowest BCUT2D eigenvalue weighted by atomic mass is 10.0. The molecule has 0 saturated heterocycles. The van der Waals surface area contributed by atoms with Gasteiger partial charge < -0.3 is 15.2 Å². The Hall–Kier alpha value is -1.75. The van der Waals surface area contributed by atoms with Crippen molar-refractivity contribution in [2.45, 2.75) is 58.6 Å². The van der Waals surface area contributed by atoms with E-state index in [1.165, 1.54) is 0 Å². The highest BCUT2D eigenvalue weighted by atomic mass is 35.5. The number of hydrogen-bond acceptors (Lipinski definition) is 3. The van der Waals surface area contributed by atoms with E-state index < -0.39 is 17.7 Å². The quantitative estimate of drug-likeness (QED) is 0.821. The third kappa shape index (κ3) is 7.88. The van der Waals surface area contributed by atoms with Gasteiger partial charge in [0.25, 0.3) is 0 Å². The largest absolute Gasteiger partial charge is 0.481 e. The molecule has 0 fully saturated rings. The summed E-state index contributed by atoms with van der Waals surface area (Å²) in [4.78, 5) is 22.7. The highest BCUT2D eigenvalue weighted by Gasteiger charge is 2.20. The average Bonchev–Trinajstić information content (AvgIpc) is 2.38. The van der Waals surface area contributed by atoms with Crippen molar-refractivity contribution in [3.63, 3.8) is 0 Å². The second-order valence-electron chi connectivity index (χ2n) is 6.56. The molecular formula is C17H24ClNO4. The van der Waals surface area contributed by atoms with E-state index in [0.29, 0.717) is 17.9 Å². The fourth-order valence-electron chi connectivity index (χ4n) is 2.05.